The predicted octanol–water partition coefficient (Wildman–Crippen LogP) is 4.01. The predicted molar refractivity (Wildman–Crippen MR) is 105 cm³/mol. The van der Waals surface area contributed by atoms with Gasteiger partial charge in [-0.05, 0) is 29.3 Å². The molecule has 0 amide bonds. The van der Waals surface area contributed by atoms with Crippen molar-refractivity contribution in [1.29, 1.82) is 0 Å². The number of para-hydroxylation sites is 1. The van der Waals surface area contributed by atoms with Crippen molar-refractivity contribution in [2.24, 2.45) is 0 Å². The Morgan fingerprint density at radius 1 is 0.808 bits per heavy atom. The number of carboxylic acids is 1. The zero-order valence-electron chi connectivity index (χ0n) is 13.3. The molecule has 2 aromatic heterocycles. The number of pyridine rings is 2. The van der Waals surface area contributed by atoms with Crippen molar-refractivity contribution in [3.63, 3.8) is 0 Å². The first-order valence-corrected chi connectivity index (χ1v) is 7.86. The molecule has 2 aromatic carbocycles. The number of benzene rings is 2. The second kappa shape index (κ2) is 7.79. The molecule has 2 heterocycles. The summed E-state index contributed by atoms with van der Waals surface area (Å²) in [6.07, 6.45) is 3.57. The van der Waals surface area contributed by atoms with Crippen LogP contribution in [0.5, 0.6) is 0 Å². The Hall–Kier alpha value is -2.53. The van der Waals surface area contributed by atoms with E-state index in [4.69, 9.17) is 0 Å². The van der Waals surface area contributed by atoms with Crippen LogP contribution in [0.3, 0.4) is 0 Å². The first-order valence-electron chi connectivity index (χ1n) is 7.86. The van der Waals surface area contributed by atoms with E-state index in [2.05, 4.69) is 9.97 Å². The van der Waals surface area contributed by atoms with Gasteiger partial charge in [0.05, 0.1) is 16.8 Å². The van der Waals surface area contributed by atoms with Crippen LogP contribution in [0.15, 0.2) is 79.1 Å². The average Bonchev–Trinajstić information content (AvgIpc) is 2.68. The molecule has 5 heteroatoms. The third-order valence-electron chi connectivity index (χ3n) is 4.13. The van der Waals surface area contributed by atoms with Gasteiger partial charge in [0, 0.05) is 23.3 Å². The molecule has 0 radical (unpaired) electrons. The third-order valence-corrected chi connectivity index (χ3v) is 4.13. The summed E-state index contributed by atoms with van der Waals surface area (Å²) in [6.45, 7) is 0. The number of fused-ring (bicyclic) bond motifs is 1. The molecule has 0 bridgehead atoms. The molecule has 4 aromatic rings. The van der Waals surface area contributed by atoms with E-state index in [1.165, 1.54) is 0 Å². The summed E-state index contributed by atoms with van der Waals surface area (Å²) in [6, 6.07) is 20.9. The fraction of sp³-hybridized carbons (Fsp3) is 0. The van der Waals surface area contributed by atoms with E-state index in [0.717, 1.165) is 27.8 Å². The van der Waals surface area contributed by atoms with Gasteiger partial charge in [-0.1, -0.05) is 48.5 Å². The third kappa shape index (κ3) is 3.53. The molecule has 0 unspecified atom stereocenters. The SMILES string of the molecule is O=C(O)c1cccc2ccc(-c3ccc(-c4cccnc4)cc3)nc12.[NaH]. The van der Waals surface area contributed by atoms with E-state index in [9.17, 15) is 9.90 Å². The van der Waals surface area contributed by atoms with Crippen LogP contribution in [0.2, 0.25) is 0 Å². The average molecular weight is 350 g/mol. The number of nitrogens with zero attached hydrogens (tertiary/aromatic N) is 2. The normalized spacial score (nSPS) is 10.3. The molecule has 0 atom stereocenters. The Morgan fingerprint density at radius 2 is 1.58 bits per heavy atom. The van der Waals surface area contributed by atoms with Crippen molar-refractivity contribution in [2.45, 2.75) is 0 Å². The van der Waals surface area contributed by atoms with Crippen LogP contribution in [0.25, 0.3) is 33.3 Å². The van der Waals surface area contributed by atoms with Crippen LogP contribution >= 0.6 is 0 Å². The van der Waals surface area contributed by atoms with Crippen molar-refractivity contribution < 1.29 is 9.90 Å². The molecular weight excluding hydrogens is 335 g/mol. The molecule has 0 aliphatic rings. The molecule has 26 heavy (non-hydrogen) atoms. The van der Waals surface area contributed by atoms with Crippen molar-refractivity contribution in [3.05, 3.63) is 84.7 Å². The van der Waals surface area contributed by atoms with E-state index in [0.29, 0.717) is 5.52 Å². The molecule has 0 aliphatic carbocycles. The summed E-state index contributed by atoms with van der Waals surface area (Å²) in [5.41, 5.74) is 4.53. The molecule has 0 spiro atoms. The summed E-state index contributed by atoms with van der Waals surface area (Å²) >= 11 is 0. The first-order chi connectivity index (χ1) is 12.2. The second-order valence-corrected chi connectivity index (χ2v) is 5.70. The van der Waals surface area contributed by atoms with Crippen molar-refractivity contribution in [3.8, 4) is 22.4 Å². The van der Waals surface area contributed by atoms with Crippen LogP contribution in [0, 0.1) is 0 Å². The summed E-state index contributed by atoms with van der Waals surface area (Å²) < 4.78 is 0. The zero-order valence-corrected chi connectivity index (χ0v) is 13.3. The summed E-state index contributed by atoms with van der Waals surface area (Å²) in [5.74, 6) is -0.970. The minimum atomic E-state index is -0.970. The topological polar surface area (TPSA) is 63.1 Å². The van der Waals surface area contributed by atoms with E-state index < -0.39 is 5.97 Å². The first kappa shape index (κ1) is 18.3. The van der Waals surface area contributed by atoms with Gasteiger partial charge in [0.1, 0.15) is 0 Å². The van der Waals surface area contributed by atoms with Gasteiger partial charge in [-0.25, -0.2) is 9.78 Å². The standard InChI is InChI=1S/C21H14N2O2.Na.H/c24-21(25)18-5-1-3-16-10-11-19(23-20(16)18)15-8-6-14(7-9-15)17-4-2-12-22-13-17;;/h1-13H,(H,24,25);;. The maximum absolute atomic E-state index is 11.4. The number of rotatable bonds is 3. The Kier molecular flexibility index (Phi) is 5.47. The van der Waals surface area contributed by atoms with Crippen LogP contribution in [-0.4, -0.2) is 50.6 Å². The quantitative estimate of drug-likeness (QED) is 0.567. The van der Waals surface area contributed by atoms with E-state index in [1.54, 1.807) is 18.3 Å². The van der Waals surface area contributed by atoms with Gasteiger partial charge in [-0.2, -0.15) is 0 Å². The maximum atomic E-state index is 11.4. The second-order valence-electron chi connectivity index (χ2n) is 5.70. The van der Waals surface area contributed by atoms with Gasteiger partial charge in [0.25, 0.3) is 0 Å². The number of carboxylic acid groups (broad SMARTS) is 1. The number of aromatic nitrogens is 2. The van der Waals surface area contributed by atoms with Crippen LogP contribution in [-0.2, 0) is 0 Å². The minimum absolute atomic E-state index is 0. The van der Waals surface area contributed by atoms with Gasteiger partial charge in [-0.15, -0.1) is 0 Å². The van der Waals surface area contributed by atoms with Crippen LogP contribution in [0.4, 0.5) is 0 Å². The van der Waals surface area contributed by atoms with Gasteiger partial charge >= 0.3 is 35.5 Å². The summed E-state index contributed by atoms with van der Waals surface area (Å²) in [4.78, 5) is 20.1. The fourth-order valence-corrected chi connectivity index (χ4v) is 2.85. The molecule has 0 saturated carbocycles. The van der Waals surface area contributed by atoms with Crippen molar-refractivity contribution in [1.82, 2.24) is 9.97 Å². The molecule has 122 valence electrons. The molecular formula is C21H15N2NaO2. The molecule has 0 fully saturated rings. The Balaban J connectivity index is 0.00000196. The number of hydrogen-bond donors (Lipinski definition) is 1. The summed E-state index contributed by atoms with van der Waals surface area (Å²) in [7, 11) is 0. The van der Waals surface area contributed by atoms with Gasteiger partial charge in [0.2, 0.25) is 0 Å². The van der Waals surface area contributed by atoms with E-state index in [1.807, 2.05) is 60.8 Å². The summed E-state index contributed by atoms with van der Waals surface area (Å²) in [5, 5.41) is 10.2. The van der Waals surface area contributed by atoms with E-state index >= 15 is 0 Å². The van der Waals surface area contributed by atoms with Crippen molar-refractivity contribution >= 4 is 46.4 Å². The van der Waals surface area contributed by atoms with Gasteiger partial charge < -0.3 is 5.11 Å². The Labute approximate surface area is 172 Å². The number of hydrogen-bond acceptors (Lipinski definition) is 3. The molecule has 1 N–H and O–H groups in total. The number of carbonyl (C=O) groups is 1. The van der Waals surface area contributed by atoms with Gasteiger partial charge in [0.15, 0.2) is 0 Å². The molecule has 0 aliphatic heterocycles. The molecule has 4 nitrogen and oxygen atoms in total. The van der Waals surface area contributed by atoms with Crippen LogP contribution < -0.4 is 0 Å². The number of aromatic carboxylic acids is 1. The molecule has 4 rings (SSSR count). The monoisotopic (exact) mass is 350 g/mol. The zero-order chi connectivity index (χ0) is 17.2. The Morgan fingerprint density at radius 3 is 2.27 bits per heavy atom. The van der Waals surface area contributed by atoms with E-state index in [-0.39, 0.29) is 35.1 Å². The fourth-order valence-electron chi connectivity index (χ4n) is 2.85. The van der Waals surface area contributed by atoms with Crippen LogP contribution in [0.1, 0.15) is 10.4 Å². The molecule has 0 saturated heterocycles. The van der Waals surface area contributed by atoms with Gasteiger partial charge in [-0.3, -0.25) is 4.98 Å². The Bertz CT molecular complexity index is 1060. The van der Waals surface area contributed by atoms with Crippen molar-refractivity contribution in [2.75, 3.05) is 0 Å².